The Balaban J connectivity index is 2.42. The number of halogens is 1. The highest BCUT2D eigenvalue weighted by molar-refractivity contribution is 7.92. The highest BCUT2D eigenvalue weighted by Crippen LogP contribution is 2.23. The van der Waals surface area contributed by atoms with Crippen molar-refractivity contribution in [2.24, 2.45) is 7.05 Å². The van der Waals surface area contributed by atoms with Crippen LogP contribution >= 0.6 is 0 Å². The monoisotopic (exact) mass is 284 g/mol. The molecule has 0 amide bonds. The molecule has 0 aliphatic heterocycles. The Morgan fingerprint density at radius 1 is 1.42 bits per heavy atom. The third kappa shape index (κ3) is 2.68. The van der Waals surface area contributed by atoms with Gasteiger partial charge in [-0.2, -0.15) is 5.10 Å². The topological polar surface area (TPSA) is 90.0 Å². The lowest BCUT2D eigenvalue weighted by molar-refractivity contribution is 0.598. The van der Waals surface area contributed by atoms with Gasteiger partial charge >= 0.3 is 0 Å². The Morgan fingerprint density at radius 2 is 2.11 bits per heavy atom. The smallest absolute Gasteiger partial charge is 0.263 e. The third-order valence-electron chi connectivity index (χ3n) is 2.54. The molecule has 1 heterocycles. The van der Waals surface area contributed by atoms with Gasteiger partial charge in [-0.25, -0.2) is 12.8 Å². The largest absolute Gasteiger partial charge is 0.396 e. The minimum Gasteiger partial charge on any atom is -0.396 e. The minimum absolute atomic E-state index is 0.0722. The van der Waals surface area contributed by atoms with E-state index in [1.54, 1.807) is 13.2 Å². The van der Waals surface area contributed by atoms with Crippen molar-refractivity contribution in [2.45, 2.75) is 11.8 Å². The molecule has 0 saturated heterocycles. The van der Waals surface area contributed by atoms with Crippen LogP contribution in [0.25, 0.3) is 0 Å². The van der Waals surface area contributed by atoms with Crippen LogP contribution in [0.2, 0.25) is 0 Å². The Kier molecular flexibility index (Phi) is 3.19. The average molecular weight is 284 g/mol. The van der Waals surface area contributed by atoms with E-state index in [0.29, 0.717) is 0 Å². The normalized spacial score (nSPS) is 11.5. The number of nitrogen functional groups attached to an aromatic ring is 1. The standard InChI is InChI=1S/C11H13FN4O2S/c1-7-5-8(12)9(13)6-10(7)19(17,18)15-11-3-4-16(2)14-11/h3-6H,13H2,1-2H3,(H,14,15). The van der Waals surface area contributed by atoms with E-state index in [1.165, 1.54) is 17.7 Å². The zero-order valence-corrected chi connectivity index (χ0v) is 11.2. The minimum atomic E-state index is -3.84. The van der Waals surface area contributed by atoms with Crippen LogP contribution in [0, 0.1) is 12.7 Å². The summed E-state index contributed by atoms with van der Waals surface area (Å²) in [5.74, 6) is -0.459. The van der Waals surface area contributed by atoms with Gasteiger partial charge in [0.15, 0.2) is 5.82 Å². The van der Waals surface area contributed by atoms with Gasteiger partial charge in [0.1, 0.15) is 5.82 Å². The lowest BCUT2D eigenvalue weighted by atomic mass is 10.2. The molecule has 6 nitrogen and oxygen atoms in total. The lowest BCUT2D eigenvalue weighted by Gasteiger charge is -2.09. The maximum absolute atomic E-state index is 13.2. The number of benzene rings is 1. The summed E-state index contributed by atoms with van der Waals surface area (Å²) in [5, 5.41) is 3.91. The third-order valence-corrected chi connectivity index (χ3v) is 4.03. The van der Waals surface area contributed by atoms with Gasteiger partial charge in [0.05, 0.1) is 10.6 Å². The molecule has 0 aliphatic rings. The van der Waals surface area contributed by atoms with Crippen LogP contribution in [0.5, 0.6) is 0 Å². The zero-order chi connectivity index (χ0) is 14.2. The summed E-state index contributed by atoms with van der Waals surface area (Å²) in [6.45, 7) is 1.50. The number of aromatic nitrogens is 2. The fraction of sp³-hybridized carbons (Fsp3) is 0.182. The van der Waals surface area contributed by atoms with E-state index in [4.69, 9.17) is 5.73 Å². The number of anilines is 2. The molecule has 0 spiro atoms. The zero-order valence-electron chi connectivity index (χ0n) is 10.4. The van der Waals surface area contributed by atoms with Crippen LogP contribution in [-0.2, 0) is 17.1 Å². The molecule has 0 aliphatic carbocycles. The molecule has 0 fully saturated rings. The maximum Gasteiger partial charge on any atom is 0.263 e. The second-order valence-electron chi connectivity index (χ2n) is 4.12. The Labute approximate surface area is 110 Å². The summed E-state index contributed by atoms with van der Waals surface area (Å²) in [4.78, 5) is -0.0722. The molecule has 0 atom stereocenters. The molecule has 0 radical (unpaired) electrons. The molecule has 2 rings (SSSR count). The van der Waals surface area contributed by atoms with Crippen molar-refractivity contribution in [2.75, 3.05) is 10.5 Å². The molecule has 8 heteroatoms. The quantitative estimate of drug-likeness (QED) is 0.830. The Hall–Kier alpha value is -2.09. The number of sulfonamides is 1. The summed E-state index contributed by atoms with van der Waals surface area (Å²) < 4.78 is 41.3. The Bertz CT molecular complexity index is 724. The summed E-state index contributed by atoms with van der Waals surface area (Å²) >= 11 is 0. The molecule has 19 heavy (non-hydrogen) atoms. The molecular formula is C11H13FN4O2S. The van der Waals surface area contributed by atoms with E-state index in [2.05, 4.69) is 9.82 Å². The van der Waals surface area contributed by atoms with E-state index >= 15 is 0 Å². The van der Waals surface area contributed by atoms with Crippen molar-refractivity contribution in [1.82, 2.24) is 9.78 Å². The SMILES string of the molecule is Cc1cc(F)c(N)cc1S(=O)(=O)Nc1ccn(C)n1. The molecule has 1 aromatic carbocycles. The van der Waals surface area contributed by atoms with Gasteiger partial charge < -0.3 is 5.73 Å². The van der Waals surface area contributed by atoms with Gasteiger partial charge in [-0.15, -0.1) is 0 Å². The summed E-state index contributed by atoms with van der Waals surface area (Å²) in [6, 6.07) is 3.69. The molecule has 2 aromatic rings. The maximum atomic E-state index is 13.2. The van der Waals surface area contributed by atoms with Crippen LogP contribution in [0.4, 0.5) is 15.9 Å². The van der Waals surface area contributed by atoms with E-state index in [-0.39, 0.29) is 22.0 Å². The van der Waals surface area contributed by atoms with Crippen LogP contribution in [-0.4, -0.2) is 18.2 Å². The number of hydrogen-bond acceptors (Lipinski definition) is 4. The predicted molar refractivity (Wildman–Crippen MR) is 69.6 cm³/mol. The van der Waals surface area contributed by atoms with E-state index in [9.17, 15) is 12.8 Å². The molecule has 102 valence electrons. The number of nitrogens with one attached hydrogen (secondary N) is 1. The van der Waals surface area contributed by atoms with Crippen LogP contribution in [0.15, 0.2) is 29.3 Å². The number of nitrogens with two attached hydrogens (primary N) is 1. The van der Waals surface area contributed by atoms with Gasteiger partial charge in [-0.3, -0.25) is 9.40 Å². The van der Waals surface area contributed by atoms with E-state index in [1.807, 2.05) is 0 Å². The fourth-order valence-electron chi connectivity index (χ4n) is 1.62. The number of aryl methyl sites for hydroxylation is 2. The first-order valence-electron chi connectivity index (χ1n) is 5.37. The first kappa shape index (κ1) is 13.3. The second kappa shape index (κ2) is 4.54. The molecule has 0 unspecified atom stereocenters. The van der Waals surface area contributed by atoms with Crippen molar-refractivity contribution >= 4 is 21.5 Å². The first-order valence-corrected chi connectivity index (χ1v) is 6.86. The second-order valence-corrected chi connectivity index (χ2v) is 5.77. The molecule has 1 aromatic heterocycles. The van der Waals surface area contributed by atoms with E-state index in [0.717, 1.165) is 12.1 Å². The highest BCUT2D eigenvalue weighted by atomic mass is 32.2. The first-order chi connectivity index (χ1) is 8.79. The Morgan fingerprint density at radius 3 is 2.68 bits per heavy atom. The van der Waals surface area contributed by atoms with Gasteiger partial charge in [0, 0.05) is 19.3 Å². The van der Waals surface area contributed by atoms with Gasteiger partial charge in [0.2, 0.25) is 0 Å². The number of nitrogens with zero attached hydrogens (tertiary/aromatic N) is 2. The van der Waals surface area contributed by atoms with Crippen LogP contribution in [0.1, 0.15) is 5.56 Å². The summed E-state index contributed by atoms with van der Waals surface area (Å²) in [7, 11) is -2.18. The molecule has 3 N–H and O–H groups in total. The molecule has 0 bridgehead atoms. The lowest BCUT2D eigenvalue weighted by Crippen LogP contribution is -2.15. The predicted octanol–water partition coefficient (Wildman–Crippen LogP) is 1.25. The molecular weight excluding hydrogens is 271 g/mol. The van der Waals surface area contributed by atoms with Crippen molar-refractivity contribution < 1.29 is 12.8 Å². The highest BCUT2D eigenvalue weighted by Gasteiger charge is 2.19. The van der Waals surface area contributed by atoms with Gasteiger partial charge in [-0.1, -0.05) is 0 Å². The fourth-order valence-corrected chi connectivity index (χ4v) is 2.88. The molecule has 0 saturated carbocycles. The van der Waals surface area contributed by atoms with Crippen LogP contribution in [0.3, 0.4) is 0 Å². The van der Waals surface area contributed by atoms with Crippen LogP contribution < -0.4 is 10.5 Å². The van der Waals surface area contributed by atoms with Crippen molar-refractivity contribution in [3.05, 3.63) is 35.8 Å². The van der Waals surface area contributed by atoms with E-state index < -0.39 is 15.8 Å². The van der Waals surface area contributed by atoms with Crippen molar-refractivity contribution in [3.63, 3.8) is 0 Å². The summed E-state index contributed by atoms with van der Waals surface area (Å²) in [5.41, 5.74) is 5.45. The van der Waals surface area contributed by atoms with Crippen molar-refractivity contribution in [1.29, 1.82) is 0 Å². The van der Waals surface area contributed by atoms with Gasteiger partial charge in [-0.05, 0) is 24.6 Å². The van der Waals surface area contributed by atoms with Crippen molar-refractivity contribution in [3.8, 4) is 0 Å². The summed E-state index contributed by atoms with van der Waals surface area (Å²) in [6.07, 6.45) is 1.60. The number of rotatable bonds is 3. The average Bonchev–Trinajstić information content (AvgIpc) is 2.68. The number of hydrogen-bond donors (Lipinski definition) is 2. The van der Waals surface area contributed by atoms with Gasteiger partial charge in [0.25, 0.3) is 10.0 Å².